The van der Waals surface area contributed by atoms with Crippen LogP contribution in [-0.2, 0) is 9.59 Å². The van der Waals surface area contributed by atoms with Gasteiger partial charge in [0, 0.05) is 5.92 Å². The number of likely N-dealkylation sites (tertiary alicyclic amines) is 2. The third kappa shape index (κ3) is 2.32. The SMILES string of the molecule is O=C1[C@H]2CC=CC[C@H]2C(=O)N1C[NH+]1CCC[C@H]2CCCC[C@H]21. The Morgan fingerprint density at radius 3 is 2.32 bits per heavy atom. The number of quaternary nitrogens is 1. The van der Waals surface area contributed by atoms with Crippen molar-refractivity contribution < 1.29 is 14.5 Å². The summed E-state index contributed by atoms with van der Waals surface area (Å²) in [5, 5.41) is 0. The van der Waals surface area contributed by atoms with Crippen LogP contribution in [0, 0.1) is 17.8 Å². The molecule has 0 aromatic heterocycles. The van der Waals surface area contributed by atoms with Crippen LogP contribution < -0.4 is 4.90 Å². The van der Waals surface area contributed by atoms with Crippen LogP contribution in [0.1, 0.15) is 51.4 Å². The highest BCUT2D eigenvalue weighted by atomic mass is 16.2. The lowest BCUT2D eigenvalue weighted by Crippen LogP contribution is -3.19. The second-order valence-electron chi connectivity index (χ2n) is 7.62. The zero-order valence-corrected chi connectivity index (χ0v) is 13.3. The Kier molecular flexibility index (Phi) is 3.81. The minimum absolute atomic E-state index is 0.0659. The van der Waals surface area contributed by atoms with E-state index in [-0.39, 0.29) is 23.7 Å². The molecule has 2 aliphatic carbocycles. The summed E-state index contributed by atoms with van der Waals surface area (Å²) in [6, 6.07) is 0.684. The minimum Gasteiger partial charge on any atom is -0.315 e. The average molecular weight is 303 g/mol. The third-order valence-corrected chi connectivity index (χ3v) is 6.47. The molecule has 0 radical (unpaired) electrons. The first kappa shape index (κ1) is 14.4. The van der Waals surface area contributed by atoms with Gasteiger partial charge in [0.1, 0.15) is 0 Å². The first-order chi connectivity index (χ1) is 10.8. The highest BCUT2D eigenvalue weighted by Gasteiger charge is 2.49. The van der Waals surface area contributed by atoms with E-state index < -0.39 is 0 Å². The number of imide groups is 1. The largest absolute Gasteiger partial charge is 0.315 e. The lowest BCUT2D eigenvalue weighted by atomic mass is 9.78. The van der Waals surface area contributed by atoms with Crippen molar-refractivity contribution >= 4 is 11.8 Å². The van der Waals surface area contributed by atoms with Crippen LogP contribution in [0.3, 0.4) is 0 Å². The van der Waals surface area contributed by atoms with Gasteiger partial charge in [0.05, 0.1) is 24.4 Å². The van der Waals surface area contributed by atoms with Gasteiger partial charge in [-0.1, -0.05) is 18.6 Å². The Balaban J connectivity index is 1.48. The van der Waals surface area contributed by atoms with Crippen molar-refractivity contribution in [1.82, 2.24) is 4.90 Å². The molecule has 5 atom stereocenters. The Labute approximate surface area is 132 Å². The maximum absolute atomic E-state index is 12.6. The van der Waals surface area contributed by atoms with Crippen molar-refractivity contribution in [2.75, 3.05) is 13.2 Å². The van der Waals surface area contributed by atoms with E-state index in [9.17, 15) is 9.59 Å². The lowest BCUT2D eigenvalue weighted by molar-refractivity contribution is -0.942. The molecule has 3 fully saturated rings. The molecule has 1 saturated carbocycles. The second kappa shape index (κ2) is 5.80. The molecule has 4 nitrogen and oxygen atoms in total. The van der Waals surface area contributed by atoms with Crippen molar-refractivity contribution in [3.05, 3.63) is 12.2 Å². The summed E-state index contributed by atoms with van der Waals surface area (Å²) in [6.07, 6.45) is 13.6. The van der Waals surface area contributed by atoms with E-state index in [1.54, 1.807) is 4.90 Å². The fourth-order valence-electron chi connectivity index (χ4n) is 5.29. The standard InChI is InChI=1S/C18H26N2O2/c21-17-14-8-2-3-9-15(14)18(22)20(17)12-19-11-5-7-13-6-1-4-10-16(13)19/h2-3,13-16H,1,4-12H2/p+1/t13-,14-,15+,16-/m1/s1. The minimum atomic E-state index is -0.0659. The molecule has 0 spiro atoms. The van der Waals surface area contributed by atoms with Crippen molar-refractivity contribution in [2.45, 2.75) is 57.4 Å². The number of carbonyl (C=O) groups excluding carboxylic acids is 2. The Morgan fingerprint density at radius 1 is 0.955 bits per heavy atom. The molecule has 4 rings (SSSR count). The molecule has 4 aliphatic rings. The highest BCUT2D eigenvalue weighted by molar-refractivity contribution is 6.05. The summed E-state index contributed by atoms with van der Waals surface area (Å²) in [4.78, 5) is 28.4. The highest BCUT2D eigenvalue weighted by Crippen LogP contribution is 2.35. The molecule has 22 heavy (non-hydrogen) atoms. The molecule has 2 heterocycles. The molecule has 2 aliphatic heterocycles. The maximum Gasteiger partial charge on any atom is 0.237 e. The van der Waals surface area contributed by atoms with Crippen molar-refractivity contribution in [3.63, 3.8) is 0 Å². The normalized spacial score (nSPS) is 41.5. The zero-order chi connectivity index (χ0) is 15.1. The predicted octanol–water partition coefficient (Wildman–Crippen LogP) is 1.13. The first-order valence-electron chi connectivity index (χ1n) is 9.10. The Hall–Kier alpha value is -1.16. The van der Waals surface area contributed by atoms with Gasteiger partial charge < -0.3 is 4.90 Å². The average Bonchev–Trinajstić information content (AvgIpc) is 2.81. The van der Waals surface area contributed by atoms with Crippen LogP contribution in [-0.4, -0.2) is 36.0 Å². The Bertz CT molecular complexity index is 473. The summed E-state index contributed by atoms with van der Waals surface area (Å²) in [6.45, 7) is 1.76. The molecule has 4 heteroatoms. The third-order valence-electron chi connectivity index (χ3n) is 6.47. The van der Waals surface area contributed by atoms with Crippen LogP contribution in [0.2, 0.25) is 0 Å². The molecule has 0 aromatic carbocycles. The van der Waals surface area contributed by atoms with Crippen molar-refractivity contribution in [1.29, 1.82) is 0 Å². The van der Waals surface area contributed by atoms with Crippen molar-refractivity contribution in [3.8, 4) is 0 Å². The first-order valence-corrected chi connectivity index (χ1v) is 9.10. The number of nitrogens with zero attached hydrogens (tertiary/aromatic N) is 1. The number of hydrogen-bond acceptors (Lipinski definition) is 2. The van der Waals surface area contributed by atoms with Crippen LogP contribution in [0.15, 0.2) is 12.2 Å². The summed E-state index contributed by atoms with van der Waals surface area (Å²) in [5.41, 5.74) is 0. The molecule has 1 unspecified atom stereocenters. The predicted molar refractivity (Wildman–Crippen MR) is 82.9 cm³/mol. The number of hydrogen-bond donors (Lipinski definition) is 1. The summed E-state index contributed by atoms with van der Waals surface area (Å²) in [5.74, 6) is 0.900. The molecule has 0 aromatic rings. The molecule has 1 N–H and O–H groups in total. The fourth-order valence-corrected chi connectivity index (χ4v) is 5.29. The second-order valence-corrected chi connectivity index (χ2v) is 7.62. The van der Waals surface area contributed by atoms with E-state index in [0.717, 1.165) is 25.3 Å². The molecular formula is C18H27N2O2+. The van der Waals surface area contributed by atoms with Gasteiger partial charge in [-0.25, -0.2) is 4.90 Å². The van der Waals surface area contributed by atoms with Gasteiger partial charge in [0.15, 0.2) is 6.67 Å². The smallest absolute Gasteiger partial charge is 0.237 e. The van der Waals surface area contributed by atoms with Crippen LogP contribution >= 0.6 is 0 Å². The maximum atomic E-state index is 12.6. The number of rotatable bonds is 2. The van der Waals surface area contributed by atoms with E-state index in [4.69, 9.17) is 0 Å². The van der Waals surface area contributed by atoms with Crippen LogP contribution in [0.5, 0.6) is 0 Å². The number of piperidine rings is 1. The van der Waals surface area contributed by atoms with Crippen LogP contribution in [0.4, 0.5) is 0 Å². The van der Waals surface area contributed by atoms with Gasteiger partial charge in [0.25, 0.3) is 0 Å². The van der Waals surface area contributed by atoms with Gasteiger partial charge in [-0.3, -0.25) is 9.59 Å². The Morgan fingerprint density at radius 2 is 1.59 bits per heavy atom. The zero-order valence-electron chi connectivity index (χ0n) is 13.3. The van der Waals surface area contributed by atoms with Gasteiger partial charge in [-0.2, -0.15) is 0 Å². The number of nitrogens with one attached hydrogen (secondary N) is 1. The fraction of sp³-hybridized carbons (Fsp3) is 0.778. The van der Waals surface area contributed by atoms with E-state index >= 15 is 0 Å². The van der Waals surface area contributed by atoms with Crippen LogP contribution in [0.25, 0.3) is 0 Å². The number of amides is 2. The van der Waals surface area contributed by atoms with Gasteiger partial charge in [0.2, 0.25) is 11.8 Å². The van der Waals surface area contributed by atoms with E-state index in [0.29, 0.717) is 12.7 Å². The number of carbonyl (C=O) groups is 2. The van der Waals surface area contributed by atoms with E-state index in [1.807, 2.05) is 0 Å². The van der Waals surface area contributed by atoms with Gasteiger partial charge >= 0.3 is 0 Å². The summed E-state index contributed by atoms with van der Waals surface area (Å²) >= 11 is 0. The number of fused-ring (bicyclic) bond motifs is 2. The molecule has 2 amide bonds. The van der Waals surface area contributed by atoms with E-state index in [1.165, 1.54) is 43.4 Å². The monoisotopic (exact) mass is 303 g/mol. The summed E-state index contributed by atoms with van der Waals surface area (Å²) in [7, 11) is 0. The van der Waals surface area contributed by atoms with Crippen molar-refractivity contribution in [2.24, 2.45) is 17.8 Å². The summed E-state index contributed by atoms with van der Waals surface area (Å²) < 4.78 is 0. The van der Waals surface area contributed by atoms with E-state index in [2.05, 4.69) is 12.2 Å². The molecule has 2 saturated heterocycles. The van der Waals surface area contributed by atoms with Gasteiger partial charge in [-0.05, 0) is 44.9 Å². The quantitative estimate of drug-likeness (QED) is 0.614. The van der Waals surface area contributed by atoms with Gasteiger partial charge in [-0.15, -0.1) is 0 Å². The molecule has 0 bridgehead atoms. The lowest BCUT2D eigenvalue weighted by Gasteiger charge is -2.42. The topological polar surface area (TPSA) is 41.8 Å². The molecule has 120 valence electrons. The molecular weight excluding hydrogens is 276 g/mol. The number of allylic oxidation sites excluding steroid dienone is 2.